The van der Waals surface area contributed by atoms with Gasteiger partial charge < -0.3 is 4.79 Å². The van der Waals surface area contributed by atoms with Crippen LogP contribution in [0.5, 0.6) is 0 Å². The summed E-state index contributed by atoms with van der Waals surface area (Å²) in [7, 11) is 0. The molecule has 7 heavy (non-hydrogen) atoms. The molecule has 1 saturated carbocycles. The average Bonchev–Trinajstić information content (AvgIpc) is 1.58. The van der Waals surface area contributed by atoms with Crippen LogP contribution < -0.4 is 0 Å². The fraction of sp³-hybridized carbons (Fsp3) is 0.800. The van der Waals surface area contributed by atoms with Crippen molar-refractivity contribution in [1.29, 1.82) is 0 Å². The van der Waals surface area contributed by atoms with Crippen molar-refractivity contribution in [2.45, 2.75) is 18.2 Å². The molecule has 1 rings (SSSR count). The van der Waals surface area contributed by atoms with Gasteiger partial charge in [-0.25, -0.2) is 0 Å². The monoisotopic (exact) mass is 118 g/mol. The quantitative estimate of drug-likeness (QED) is 0.374. The molecule has 0 aromatic heterocycles. The van der Waals surface area contributed by atoms with Gasteiger partial charge in [-0.2, -0.15) is 0 Å². The molecule has 0 spiro atoms. The molecule has 0 aromatic carbocycles. The molecule has 40 valence electrons. The maximum Gasteiger partial charge on any atom is 0.123 e. The number of aldehydes is 1. The van der Waals surface area contributed by atoms with E-state index in [-0.39, 0.29) is 11.3 Å². The molecule has 0 amide bonds. The van der Waals surface area contributed by atoms with Gasteiger partial charge in [-0.05, 0) is 12.8 Å². The van der Waals surface area contributed by atoms with E-state index in [1.807, 2.05) is 0 Å². The van der Waals surface area contributed by atoms with Crippen LogP contribution in [-0.4, -0.2) is 11.7 Å². The van der Waals surface area contributed by atoms with Gasteiger partial charge in [0.1, 0.15) is 6.29 Å². The Labute approximate surface area is 47.7 Å². The predicted molar refractivity (Wildman–Crippen MR) is 28.4 cm³/mol. The molecule has 0 atom stereocenters. The normalized spacial score (nSPS) is 39.6. The van der Waals surface area contributed by atoms with E-state index in [1.165, 1.54) is 0 Å². The largest absolute Gasteiger partial charge is 0.303 e. The number of carbonyl (C=O) groups is 1. The number of alkyl halides is 1. The molecule has 0 heterocycles. The summed E-state index contributed by atoms with van der Waals surface area (Å²) in [6, 6.07) is 0. The first-order valence-corrected chi connectivity index (χ1v) is 2.86. The molecule has 0 aliphatic heterocycles. The SMILES string of the molecule is O=CC1CC(Cl)C1. The van der Waals surface area contributed by atoms with Crippen LogP contribution in [0.2, 0.25) is 0 Å². The lowest BCUT2D eigenvalue weighted by Gasteiger charge is -2.25. The highest BCUT2D eigenvalue weighted by atomic mass is 35.5. The Morgan fingerprint density at radius 1 is 1.57 bits per heavy atom. The Balaban J connectivity index is 2.17. The third-order valence-corrected chi connectivity index (χ3v) is 1.67. The first kappa shape index (κ1) is 5.10. The standard InChI is InChI=1S/C5H7ClO/c6-5-1-4(2-5)3-7/h3-5H,1-2H2. The molecule has 0 aromatic rings. The Morgan fingerprint density at radius 3 is 2.29 bits per heavy atom. The minimum atomic E-state index is 0.280. The number of hydrogen-bond acceptors (Lipinski definition) is 1. The van der Waals surface area contributed by atoms with Crippen LogP contribution >= 0.6 is 11.6 Å². The van der Waals surface area contributed by atoms with Gasteiger partial charge in [-0.3, -0.25) is 0 Å². The van der Waals surface area contributed by atoms with Crippen LogP contribution in [0, 0.1) is 5.92 Å². The highest BCUT2D eigenvalue weighted by molar-refractivity contribution is 6.21. The van der Waals surface area contributed by atoms with Crippen molar-refractivity contribution in [3.8, 4) is 0 Å². The number of rotatable bonds is 1. The summed E-state index contributed by atoms with van der Waals surface area (Å²) in [5, 5.41) is 0.287. The maximum absolute atomic E-state index is 9.87. The van der Waals surface area contributed by atoms with E-state index in [4.69, 9.17) is 11.6 Å². The van der Waals surface area contributed by atoms with Gasteiger partial charge in [0.25, 0.3) is 0 Å². The van der Waals surface area contributed by atoms with Crippen molar-refractivity contribution in [2.75, 3.05) is 0 Å². The Bertz CT molecular complexity index is 76.1. The molecular formula is C5H7ClO. The summed E-state index contributed by atoms with van der Waals surface area (Å²) in [4.78, 5) is 9.87. The van der Waals surface area contributed by atoms with Gasteiger partial charge in [-0.1, -0.05) is 0 Å². The van der Waals surface area contributed by atoms with E-state index in [0.717, 1.165) is 19.1 Å². The Morgan fingerprint density at radius 2 is 2.14 bits per heavy atom. The third-order valence-electron chi connectivity index (χ3n) is 1.31. The van der Waals surface area contributed by atoms with E-state index in [9.17, 15) is 4.79 Å². The van der Waals surface area contributed by atoms with Crippen LogP contribution in [0.25, 0.3) is 0 Å². The van der Waals surface area contributed by atoms with E-state index < -0.39 is 0 Å². The Kier molecular flexibility index (Phi) is 1.33. The lowest BCUT2D eigenvalue weighted by molar-refractivity contribution is -0.112. The second-order valence-corrected chi connectivity index (χ2v) is 2.58. The molecule has 0 bridgehead atoms. The zero-order chi connectivity index (χ0) is 5.28. The number of halogens is 1. The fourth-order valence-corrected chi connectivity index (χ4v) is 1.16. The van der Waals surface area contributed by atoms with Crippen molar-refractivity contribution in [2.24, 2.45) is 5.92 Å². The van der Waals surface area contributed by atoms with Gasteiger partial charge >= 0.3 is 0 Å². The lowest BCUT2D eigenvalue weighted by atomic mass is 9.86. The van der Waals surface area contributed by atoms with Gasteiger partial charge in [0.05, 0.1) is 0 Å². The molecule has 2 heteroatoms. The van der Waals surface area contributed by atoms with Crippen molar-refractivity contribution in [3.05, 3.63) is 0 Å². The van der Waals surface area contributed by atoms with Gasteiger partial charge in [0.2, 0.25) is 0 Å². The molecular weight excluding hydrogens is 112 g/mol. The highest BCUT2D eigenvalue weighted by Gasteiger charge is 2.25. The zero-order valence-electron chi connectivity index (χ0n) is 3.93. The maximum atomic E-state index is 9.87. The van der Waals surface area contributed by atoms with Crippen LogP contribution in [0.3, 0.4) is 0 Å². The molecule has 0 radical (unpaired) electrons. The smallest absolute Gasteiger partial charge is 0.123 e. The summed E-state index contributed by atoms with van der Waals surface area (Å²) in [6.45, 7) is 0. The summed E-state index contributed by atoms with van der Waals surface area (Å²) >= 11 is 5.56. The molecule has 0 saturated heterocycles. The lowest BCUT2D eigenvalue weighted by Crippen LogP contribution is -2.24. The van der Waals surface area contributed by atoms with E-state index >= 15 is 0 Å². The van der Waals surface area contributed by atoms with E-state index in [0.29, 0.717) is 0 Å². The summed E-state index contributed by atoms with van der Waals surface area (Å²) < 4.78 is 0. The second-order valence-electron chi connectivity index (χ2n) is 1.96. The van der Waals surface area contributed by atoms with Crippen LogP contribution in [0.1, 0.15) is 12.8 Å². The summed E-state index contributed by atoms with van der Waals surface area (Å²) in [6.07, 6.45) is 2.77. The summed E-state index contributed by atoms with van der Waals surface area (Å²) in [5.74, 6) is 0.280. The fourth-order valence-electron chi connectivity index (χ4n) is 0.699. The topological polar surface area (TPSA) is 17.1 Å². The average molecular weight is 119 g/mol. The van der Waals surface area contributed by atoms with Crippen molar-refractivity contribution in [3.63, 3.8) is 0 Å². The molecule has 1 nitrogen and oxygen atoms in total. The summed E-state index contributed by atoms with van der Waals surface area (Å²) in [5.41, 5.74) is 0. The zero-order valence-corrected chi connectivity index (χ0v) is 4.69. The predicted octanol–water partition coefficient (Wildman–Crippen LogP) is 1.20. The van der Waals surface area contributed by atoms with Gasteiger partial charge in [0, 0.05) is 11.3 Å². The van der Waals surface area contributed by atoms with E-state index in [1.54, 1.807) is 0 Å². The molecule has 1 aliphatic carbocycles. The van der Waals surface area contributed by atoms with Gasteiger partial charge in [-0.15, -0.1) is 11.6 Å². The van der Waals surface area contributed by atoms with Crippen LogP contribution in [-0.2, 0) is 4.79 Å². The number of hydrogen-bond donors (Lipinski definition) is 0. The first-order valence-electron chi connectivity index (χ1n) is 2.42. The minimum absolute atomic E-state index is 0.280. The van der Waals surface area contributed by atoms with Gasteiger partial charge in [0.15, 0.2) is 0 Å². The third kappa shape index (κ3) is 0.942. The van der Waals surface area contributed by atoms with Crippen LogP contribution in [0.4, 0.5) is 0 Å². The molecule has 1 aliphatic rings. The second kappa shape index (κ2) is 1.83. The minimum Gasteiger partial charge on any atom is -0.303 e. The van der Waals surface area contributed by atoms with Crippen molar-refractivity contribution >= 4 is 17.9 Å². The van der Waals surface area contributed by atoms with Crippen molar-refractivity contribution < 1.29 is 4.79 Å². The number of carbonyl (C=O) groups excluding carboxylic acids is 1. The highest BCUT2D eigenvalue weighted by Crippen LogP contribution is 2.29. The Hall–Kier alpha value is -0.0400. The van der Waals surface area contributed by atoms with E-state index in [2.05, 4.69) is 0 Å². The molecule has 0 unspecified atom stereocenters. The molecule has 1 fully saturated rings. The molecule has 0 N–H and O–H groups in total. The van der Waals surface area contributed by atoms with Crippen LogP contribution in [0.15, 0.2) is 0 Å². The first-order chi connectivity index (χ1) is 3.33. The van der Waals surface area contributed by atoms with Crippen molar-refractivity contribution in [1.82, 2.24) is 0 Å².